The number of hydrogen-bond acceptors (Lipinski definition) is 2. The second kappa shape index (κ2) is 4.80. The van der Waals surface area contributed by atoms with Gasteiger partial charge in [-0.3, -0.25) is 0 Å². The van der Waals surface area contributed by atoms with Crippen molar-refractivity contribution in [1.29, 1.82) is 0 Å². The Morgan fingerprint density at radius 1 is 1.18 bits per heavy atom. The zero-order chi connectivity index (χ0) is 12.4. The van der Waals surface area contributed by atoms with Crippen LogP contribution >= 0.6 is 11.6 Å². The highest BCUT2D eigenvalue weighted by atomic mass is 35.5. The van der Waals surface area contributed by atoms with Crippen LogP contribution < -0.4 is 0 Å². The van der Waals surface area contributed by atoms with Crippen molar-refractivity contribution in [3.05, 3.63) is 47.0 Å². The Morgan fingerprint density at radius 2 is 1.94 bits per heavy atom. The van der Waals surface area contributed by atoms with E-state index in [-0.39, 0.29) is 5.82 Å². The van der Waals surface area contributed by atoms with Crippen LogP contribution in [0.5, 0.6) is 0 Å². The number of benzene rings is 1. The Balaban J connectivity index is 2.52. The minimum absolute atomic E-state index is 0.250. The number of rotatable bonds is 2. The van der Waals surface area contributed by atoms with Gasteiger partial charge in [0, 0.05) is 11.3 Å². The van der Waals surface area contributed by atoms with Gasteiger partial charge >= 0.3 is 0 Å². The molecule has 4 heteroatoms. The second-order valence-corrected chi connectivity index (χ2v) is 4.19. The molecule has 1 aromatic carbocycles. The molecule has 1 aromatic heterocycles. The summed E-state index contributed by atoms with van der Waals surface area (Å²) >= 11 is 5.75. The molecule has 1 heterocycles. The molecule has 0 atom stereocenters. The molecule has 17 heavy (non-hydrogen) atoms. The van der Waals surface area contributed by atoms with Gasteiger partial charge in [0.1, 0.15) is 5.82 Å². The van der Waals surface area contributed by atoms with E-state index in [1.54, 1.807) is 13.0 Å². The summed E-state index contributed by atoms with van der Waals surface area (Å²) in [6.07, 6.45) is 0. The molecule has 0 N–H and O–H groups in total. The first-order chi connectivity index (χ1) is 8.10. The van der Waals surface area contributed by atoms with Crippen molar-refractivity contribution < 1.29 is 4.39 Å². The van der Waals surface area contributed by atoms with Gasteiger partial charge in [0.05, 0.1) is 11.6 Å². The molecule has 0 spiro atoms. The van der Waals surface area contributed by atoms with Crippen LogP contribution in [0.3, 0.4) is 0 Å². The summed E-state index contributed by atoms with van der Waals surface area (Å²) < 4.78 is 13.5. The molecule has 0 fully saturated rings. The quantitative estimate of drug-likeness (QED) is 0.761. The van der Waals surface area contributed by atoms with Crippen LogP contribution in [0.4, 0.5) is 4.39 Å². The van der Waals surface area contributed by atoms with Gasteiger partial charge in [-0.1, -0.05) is 12.1 Å². The first kappa shape index (κ1) is 12.0. The monoisotopic (exact) mass is 250 g/mol. The fourth-order valence-electron chi connectivity index (χ4n) is 1.56. The molecule has 2 aromatic rings. The maximum absolute atomic E-state index is 13.5. The van der Waals surface area contributed by atoms with Crippen LogP contribution in [0.25, 0.3) is 11.4 Å². The molecule has 2 nitrogen and oxygen atoms in total. The maximum atomic E-state index is 13.5. The van der Waals surface area contributed by atoms with Crippen molar-refractivity contribution in [3.63, 3.8) is 0 Å². The fraction of sp³-hybridized carbons (Fsp3) is 0.231. The maximum Gasteiger partial charge on any atom is 0.159 e. The topological polar surface area (TPSA) is 25.8 Å². The highest BCUT2D eigenvalue weighted by Crippen LogP contribution is 2.19. The first-order valence-corrected chi connectivity index (χ1v) is 5.80. The Hall–Kier alpha value is -1.48. The van der Waals surface area contributed by atoms with E-state index in [1.807, 2.05) is 19.1 Å². The zero-order valence-electron chi connectivity index (χ0n) is 9.67. The molecule has 0 bridgehead atoms. The van der Waals surface area contributed by atoms with Crippen molar-refractivity contribution in [3.8, 4) is 11.4 Å². The standard InChI is InChI=1S/C13H12ClFN2/c1-8-3-4-10(6-12(8)15)13-16-9(2)5-11(7-14)17-13/h3-6H,7H2,1-2H3. The molecule has 0 amide bonds. The normalized spacial score (nSPS) is 10.6. The molecular weight excluding hydrogens is 239 g/mol. The van der Waals surface area contributed by atoms with Gasteiger partial charge in [-0.15, -0.1) is 11.6 Å². The molecular formula is C13H12ClFN2. The number of alkyl halides is 1. The smallest absolute Gasteiger partial charge is 0.159 e. The summed E-state index contributed by atoms with van der Waals surface area (Å²) in [4.78, 5) is 8.57. The van der Waals surface area contributed by atoms with Crippen LogP contribution in [0.1, 0.15) is 17.0 Å². The molecule has 0 aliphatic carbocycles. The third-order valence-electron chi connectivity index (χ3n) is 2.47. The van der Waals surface area contributed by atoms with E-state index < -0.39 is 0 Å². The van der Waals surface area contributed by atoms with Crippen LogP contribution in [0.15, 0.2) is 24.3 Å². The van der Waals surface area contributed by atoms with Gasteiger partial charge in [0.25, 0.3) is 0 Å². The van der Waals surface area contributed by atoms with Crippen molar-refractivity contribution in [2.24, 2.45) is 0 Å². The molecule has 0 aliphatic heterocycles. The average Bonchev–Trinajstić information content (AvgIpc) is 2.32. The van der Waals surface area contributed by atoms with Crippen LogP contribution in [-0.4, -0.2) is 9.97 Å². The third kappa shape index (κ3) is 2.61. The number of aryl methyl sites for hydroxylation is 2. The Labute approximate surface area is 104 Å². The molecule has 88 valence electrons. The summed E-state index contributed by atoms with van der Waals surface area (Å²) in [5.41, 5.74) is 2.85. The molecule has 2 rings (SSSR count). The number of halogens is 2. The highest BCUT2D eigenvalue weighted by Gasteiger charge is 2.07. The predicted molar refractivity (Wildman–Crippen MR) is 66.5 cm³/mol. The van der Waals surface area contributed by atoms with Crippen molar-refractivity contribution in [1.82, 2.24) is 9.97 Å². The minimum Gasteiger partial charge on any atom is -0.233 e. The minimum atomic E-state index is -0.250. The predicted octanol–water partition coefficient (Wildman–Crippen LogP) is 3.64. The lowest BCUT2D eigenvalue weighted by molar-refractivity contribution is 0.619. The molecule has 0 aliphatic rings. The average molecular weight is 251 g/mol. The first-order valence-electron chi connectivity index (χ1n) is 5.27. The van der Waals surface area contributed by atoms with Gasteiger partial charge in [0.2, 0.25) is 0 Å². The van der Waals surface area contributed by atoms with Crippen LogP contribution in [-0.2, 0) is 5.88 Å². The van der Waals surface area contributed by atoms with Crippen molar-refractivity contribution in [2.45, 2.75) is 19.7 Å². The van der Waals surface area contributed by atoms with E-state index in [2.05, 4.69) is 9.97 Å². The largest absolute Gasteiger partial charge is 0.233 e. The van der Waals surface area contributed by atoms with E-state index in [4.69, 9.17) is 11.6 Å². The number of hydrogen-bond donors (Lipinski definition) is 0. The Morgan fingerprint density at radius 3 is 2.59 bits per heavy atom. The Kier molecular flexibility index (Phi) is 3.38. The molecule has 0 unspecified atom stereocenters. The lowest BCUT2D eigenvalue weighted by Crippen LogP contribution is -1.97. The summed E-state index contributed by atoms with van der Waals surface area (Å²) in [6, 6.07) is 6.80. The molecule has 0 saturated carbocycles. The van der Waals surface area contributed by atoms with E-state index in [0.29, 0.717) is 22.8 Å². The van der Waals surface area contributed by atoms with E-state index in [1.165, 1.54) is 6.07 Å². The SMILES string of the molecule is Cc1cc(CCl)nc(-c2ccc(C)c(F)c2)n1. The highest BCUT2D eigenvalue weighted by molar-refractivity contribution is 6.16. The lowest BCUT2D eigenvalue weighted by Gasteiger charge is -2.05. The summed E-state index contributed by atoms with van der Waals surface area (Å²) in [6.45, 7) is 3.59. The van der Waals surface area contributed by atoms with E-state index in [9.17, 15) is 4.39 Å². The summed E-state index contributed by atoms with van der Waals surface area (Å²) in [7, 11) is 0. The second-order valence-electron chi connectivity index (χ2n) is 3.92. The lowest BCUT2D eigenvalue weighted by atomic mass is 10.1. The van der Waals surface area contributed by atoms with Crippen LogP contribution in [0, 0.1) is 19.7 Å². The molecule has 0 saturated heterocycles. The van der Waals surface area contributed by atoms with E-state index in [0.717, 1.165) is 11.4 Å². The van der Waals surface area contributed by atoms with Gasteiger partial charge in [-0.05, 0) is 31.5 Å². The van der Waals surface area contributed by atoms with Gasteiger partial charge in [-0.25, -0.2) is 14.4 Å². The molecule has 0 radical (unpaired) electrons. The van der Waals surface area contributed by atoms with Crippen molar-refractivity contribution in [2.75, 3.05) is 0 Å². The number of nitrogens with zero attached hydrogens (tertiary/aromatic N) is 2. The van der Waals surface area contributed by atoms with Gasteiger partial charge in [0.15, 0.2) is 5.82 Å². The fourth-order valence-corrected chi connectivity index (χ4v) is 1.70. The van der Waals surface area contributed by atoms with Crippen LogP contribution in [0.2, 0.25) is 0 Å². The number of aromatic nitrogens is 2. The van der Waals surface area contributed by atoms with Gasteiger partial charge < -0.3 is 0 Å². The Bertz CT molecular complexity index is 555. The van der Waals surface area contributed by atoms with Crippen molar-refractivity contribution >= 4 is 11.6 Å². The van der Waals surface area contributed by atoms with Gasteiger partial charge in [-0.2, -0.15) is 0 Å². The third-order valence-corrected chi connectivity index (χ3v) is 2.75. The summed E-state index contributed by atoms with van der Waals surface area (Å²) in [5.74, 6) is 0.588. The summed E-state index contributed by atoms with van der Waals surface area (Å²) in [5, 5.41) is 0. The van der Waals surface area contributed by atoms with E-state index >= 15 is 0 Å². The zero-order valence-corrected chi connectivity index (χ0v) is 10.4.